The highest BCUT2D eigenvalue weighted by Crippen LogP contribution is 2.38. The van der Waals surface area contributed by atoms with Crippen LogP contribution in [0.15, 0.2) is 0 Å². The molecule has 2 unspecified atom stereocenters. The van der Waals surface area contributed by atoms with Crippen molar-refractivity contribution in [2.24, 2.45) is 5.92 Å². The first-order chi connectivity index (χ1) is 10.2. The van der Waals surface area contributed by atoms with Crippen molar-refractivity contribution in [1.29, 1.82) is 0 Å². The molecule has 1 heterocycles. The summed E-state index contributed by atoms with van der Waals surface area (Å²) in [7, 11) is 0. The summed E-state index contributed by atoms with van der Waals surface area (Å²) in [6.45, 7) is 5.00. The van der Waals surface area contributed by atoms with E-state index in [-0.39, 0.29) is 6.04 Å². The number of nitrogens with zero attached hydrogens (tertiary/aromatic N) is 1. The fourth-order valence-electron chi connectivity index (χ4n) is 4.35. The maximum atomic E-state index is 12.8. The van der Waals surface area contributed by atoms with Crippen LogP contribution in [0.1, 0.15) is 65.2 Å². The van der Waals surface area contributed by atoms with E-state index in [4.69, 9.17) is 4.74 Å². The van der Waals surface area contributed by atoms with E-state index in [0.717, 1.165) is 32.3 Å². The van der Waals surface area contributed by atoms with Gasteiger partial charge in [-0.3, -0.25) is 10.1 Å². The van der Waals surface area contributed by atoms with E-state index in [1.807, 2.05) is 0 Å². The molecule has 2 aliphatic carbocycles. The van der Waals surface area contributed by atoms with Crippen molar-refractivity contribution in [2.75, 3.05) is 6.61 Å². The topological polar surface area (TPSA) is 41.6 Å². The number of carbonyl (C=O) groups excluding carboxylic acids is 1. The Morgan fingerprint density at radius 1 is 1.24 bits per heavy atom. The fraction of sp³-hybridized carbons (Fsp3) is 0.941. The molecule has 0 radical (unpaired) electrons. The van der Waals surface area contributed by atoms with Gasteiger partial charge in [-0.15, -0.1) is 0 Å². The van der Waals surface area contributed by atoms with E-state index < -0.39 is 0 Å². The third-order valence-corrected chi connectivity index (χ3v) is 5.51. The Morgan fingerprint density at radius 3 is 2.57 bits per heavy atom. The van der Waals surface area contributed by atoms with Gasteiger partial charge >= 0.3 is 0 Å². The van der Waals surface area contributed by atoms with E-state index in [1.54, 1.807) is 0 Å². The van der Waals surface area contributed by atoms with Crippen molar-refractivity contribution >= 4 is 5.91 Å². The molecule has 1 N–H and O–H groups in total. The summed E-state index contributed by atoms with van der Waals surface area (Å²) >= 11 is 0. The molecule has 21 heavy (non-hydrogen) atoms. The summed E-state index contributed by atoms with van der Waals surface area (Å²) in [6.07, 6.45) is 9.99. The quantitative estimate of drug-likeness (QED) is 0.819. The van der Waals surface area contributed by atoms with Gasteiger partial charge in [-0.1, -0.05) is 26.2 Å². The molecular formula is C17H30N2O2. The Balaban J connectivity index is 1.66. The van der Waals surface area contributed by atoms with Crippen molar-refractivity contribution in [3.63, 3.8) is 0 Å². The smallest absolute Gasteiger partial charge is 0.241 e. The van der Waals surface area contributed by atoms with E-state index in [2.05, 4.69) is 24.1 Å². The number of rotatable bonds is 6. The predicted molar refractivity (Wildman–Crippen MR) is 82.9 cm³/mol. The summed E-state index contributed by atoms with van der Waals surface area (Å²) in [5, 5.41) is 3.67. The summed E-state index contributed by atoms with van der Waals surface area (Å²) in [5.41, 5.74) is 0. The van der Waals surface area contributed by atoms with E-state index >= 15 is 0 Å². The fourth-order valence-corrected chi connectivity index (χ4v) is 4.35. The SMILES string of the molecule is CCCC1NC(C2CCCC2)N(C2CC(OCC)C2)C1=O. The van der Waals surface area contributed by atoms with Gasteiger partial charge in [0.2, 0.25) is 5.91 Å². The minimum atomic E-state index is 0.0618. The van der Waals surface area contributed by atoms with Gasteiger partial charge in [-0.25, -0.2) is 0 Å². The monoisotopic (exact) mass is 294 g/mol. The molecule has 0 aromatic carbocycles. The first-order valence-corrected chi connectivity index (χ1v) is 8.94. The highest BCUT2D eigenvalue weighted by Gasteiger charge is 2.48. The van der Waals surface area contributed by atoms with Gasteiger partial charge < -0.3 is 9.64 Å². The van der Waals surface area contributed by atoms with Gasteiger partial charge in [-0.2, -0.15) is 0 Å². The molecule has 1 saturated heterocycles. The Morgan fingerprint density at radius 2 is 1.95 bits per heavy atom. The second kappa shape index (κ2) is 6.66. The lowest BCUT2D eigenvalue weighted by Gasteiger charge is -2.44. The molecule has 4 heteroatoms. The van der Waals surface area contributed by atoms with Crippen LogP contribution < -0.4 is 5.32 Å². The van der Waals surface area contributed by atoms with E-state index in [9.17, 15) is 4.79 Å². The van der Waals surface area contributed by atoms with Crippen molar-refractivity contribution in [3.05, 3.63) is 0 Å². The van der Waals surface area contributed by atoms with E-state index in [0.29, 0.717) is 30.1 Å². The second-order valence-corrected chi connectivity index (χ2v) is 6.95. The zero-order chi connectivity index (χ0) is 14.8. The number of carbonyl (C=O) groups is 1. The molecule has 4 nitrogen and oxygen atoms in total. The second-order valence-electron chi connectivity index (χ2n) is 6.95. The summed E-state index contributed by atoms with van der Waals surface area (Å²) < 4.78 is 5.68. The summed E-state index contributed by atoms with van der Waals surface area (Å²) in [4.78, 5) is 15.0. The molecule has 0 spiro atoms. The normalized spacial score (nSPS) is 37.2. The molecule has 1 amide bonds. The minimum absolute atomic E-state index is 0.0618. The molecular weight excluding hydrogens is 264 g/mol. The Labute approximate surface area is 128 Å². The first-order valence-electron chi connectivity index (χ1n) is 8.94. The van der Waals surface area contributed by atoms with Gasteiger partial charge in [0.1, 0.15) is 0 Å². The summed E-state index contributed by atoms with van der Waals surface area (Å²) in [6, 6.07) is 0.473. The zero-order valence-electron chi connectivity index (χ0n) is 13.5. The molecule has 0 bridgehead atoms. The molecule has 0 aromatic heterocycles. The number of ether oxygens (including phenoxy) is 1. The van der Waals surface area contributed by atoms with Crippen molar-refractivity contribution in [2.45, 2.75) is 89.6 Å². The Hall–Kier alpha value is -0.610. The molecule has 2 saturated carbocycles. The molecule has 3 rings (SSSR count). The standard InChI is InChI=1S/C17H30N2O2/c1-3-7-15-17(20)19(13-10-14(11-13)21-4-2)16(18-15)12-8-5-6-9-12/h12-16,18H,3-11H2,1-2H3. The average Bonchev–Trinajstić information content (AvgIpc) is 3.04. The van der Waals surface area contributed by atoms with Crippen LogP contribution in [-0.2, 0) is 9.53 Å². The molecule has 1 aliphatic heterocycles. The first kappa shape index (κ1) is 15.3. The number of nitrogens with one attached hydrogen (secondary N) is 1. The van der Waals surface area contributed by atoms with Gasteiger partial charge in [0, 0.05) is 12.6 Å². The minimum Gasteiger partial charge on any atom is -0.378 e. The van der Waals surface area contributed by atoms with Crippen molar-refractivity contribution in [1.82, 2.24) is 10.2 Å². The molecule has 3 aliphatic rings. The number of hydrogen-bond donors (Lipinski definition) is 1. The largest absolute Gasteiger partial charge is 0.378 e. The lowest BCUT2D eigenvalue weighted by atomic mass is 9.86. The van der Waals surface area contributed by atoms with Crippen LogP contribution in [0, 0.1) is 5.92 Å². The van der Waals surface area contributed by atoms with Gasteiger partial charge in [0.25, 0.3) is 0 Å². The average molecular weight is 294 g/mol. The van der Waals surface area contributed by atoms with Crippen LogP contribution in [0.5, 0.6) is 0 Å². The maximum Gasteiger partial charge on any atom is 0.241 e. The molecule has 120 valence electrons. The maximum absolute atomic E-state index is 12.8. The van der Waals surface area contributed by atoms with Gasteiger partial charge in [0.05, 0.1) is 18.3 Å². The third-order valence-electron chi connectivity index (χ3n) is 5.51. The third kappa shape index (κ3) is 2.98. The van der Waals surface area contributed by atoms with Crippen molar-refractivity contribution in [3.8, 4) is 0 Å². The van der Waals surface area contributed by atoms with E-state index in [1.165, 1.54) is 25.7 Å². The van der Waals surface area contributed by atoms with Crippen LogP contribution in [0.25, 0.3) is 0 Å². The van der Waals surface area contributed by atoms with Crippen LogP contribution in [0.2, 0.25) is 0 Å². The lowest BCUT2D eigenvalue weighted by molar-refractivity contribution is -0.139. The van der Waals surface area contributed by atoms with Crippen LogP contribution in [0.3, 0.4) is 0 Å². The van der Waals surface area contributed by atoms with Crippen LogP contribution in [0.4, 0.5) is 0 Å². The highest BCUT2D eigenvalue weighted by molar-refractivity contribution is 5.84. The summed E-state index contributed by atoms with van der Waals surface area (Å²) in [5.74, 6) is 1.02. The van der Waals surface area contributed by atoms with Crippen molar-refractivity contribution < 1.29 is 9.53 Å². The highest BCUT2D eigenvalue weighted by atomic mass is 16.5. The Kier molecular flexibility index (Phi) is 4.85. The molecule has 2 atom stereocenters. The van der Waals surface area contributed by atoms with Crippen LogP contribution in [-0.4, -0.2) is 41.8 Å². The number of amides is 1. The lowest BCUT2D eigenvalue weighted by Crippen LogP contribution is -2.54. The zero-order valence-corrected chi connectivity index (χ0v) is 13.5. The van der Waals surface area contributed by atoms with Gasteiger partial charge in [0.15, 0.2) is 0 Å². The number of hydrogen-bond acceptors (Lipinski definition) is 3. The molecule has 3 fully saturated rings. The van der Waals surface area contributed by atoms with Gasteiger partial charge in [-0.05, 0) is 44.9 Å². The molecule has 0 aromatic rings. The van der Waals surface area contributed by atoms with Crippen LogP contribution >= 0.6 is 0 Å². The predicted octanol–water partition coefficient (Wildman–Crippen LogP) is 2.67. The Bertz CT molecular complexity index is 362.